The van der Waals surface area contributed by atoms with Crippen molar-refractivity contribution in [3.8, 4) is 0 Å². The third kappa shape index (κ3) is 5.31. The van der Waals surface area contributed by atoms with Gasteiger partial charge in [0.25, 0.3) is 0 Å². The van der Waals surface area contributed by atoms with Crippen LogP contribution in [0.25, 0.3) is 0 Å². The first-order chi connectivity index (χ1) is 12.8. The molecule has 27 heavy (non-hydrogen) atoms. The van der Waals surface area contributed by atoms with Crippen LogP contribution in [0.4, 0.5) is 0 Å². The topological polar surface area (TPSA) is 76.5 Å². The van der Waals surface area contributed by atoms with Crippen molar-refractivity contribution in [2.24, 2.45) is 5.41 Å². The molecule has 7 nitrogen and oxygen atoms in total. The normalized spacial score (nSPS) is 23.9. The van der Waals surface area contributed by atoms with Crippen molar-refractivity contribution in [2.45, 2.75) is 70.9 Å². The van der Waals surface area contributed by atoms with Gasteiger partial charge in [-0.3, -0.25) is 9.58 Å². The lowest BCUT2D eigenvalue weighted by Gasteiger charge is -2.45. The number of hydrogen-bond acceptors (Lipinski definition) is 5. The number of ether oxygens (including phenoxy) is 1. The van der Waals surface area contributed by atoms with Crippen LogP contribution >= 0.6 is 0 Å². The lowest BCUT2D eigenvalue weighted by molar-refractivity contribution is -0.0837. The molecule has 2 saturated heterocycles. The molecule has 0 aromatic carbocycles. The number of aromatic nitrogens is 2. The molecule has 3 rings (SSSR count). The number of nitrogens with one attached hydrogen (secondary N) is 1. The van der Waals surface area contributed by atoms with Crippen LogP contribution < -0.4 is 4.72 Å². The highest BCUT2D eigenvalue weighted by Gasteiger charge is 2.39. The largest absolute Gasteiger partial charge is 0.376 e. The lowest BCUT2D eigenvalue weighted by Crippen LogP contribution is -2.47. The fraction of sp³-hybridized carbons (Fsp3) is 0.842. The molecule has 2 aliphatic heterocycles. The Morgan fingerprint density at radius 2 is 2.07 bits per heavy atom. The molecule has 0 saturated carbocycles. The minimum Gasteiger partial charge on any atom is -0.376 e. The standard InChI is InChI=1S/C19H34N4O3S/c1-4-23-14-17(11-20-23)13-22-9-7-19(8-10-22)6-5-18(26-15-19)12-21-27(24,25)16(2)3/h11,14,16,18,21H,4-10,12-13,15H2,1-3H3. The average Bonchev–Trinajstić information content (AvgIpc) is 3.11. The molecular formula is C19H34N4O3S. The van der Waals surface area contributed by atoms with E-state index in [4.69, 9.17) is 4.74 Å². The van der Waals surface area contributed by atoms with Gasteiger partial charge in [-0.2, -0.15) is 5.10 Å². The van der Waals surface area contributed by atoms with Crippen LogP contribution in [-0.4, -0.2) is 60.7 Å². The van der Waals surface area contributed by atoms with Crippen LogP contribution in [0.15, 0.2) is 12.4 Å². The van der Waals surface area contributed by atoms with Gasteiger partial charge in [0.1, 0.15) is 0 Å². The van der Waals surface area contributed by atoms with Crippen LogP contribution in [0.1, 0.15) is 52.0 Å². The van der Waals surface area contributed by atoms with Crippen LogP contribution in [0.5, 0.6) is 0 Å². The Hall–Kier alpha value is -0.960. The quantitative estimate of drug-likeness (QED) is 0.760. The van der Waals surface area contributed by atoms with Gasteiger partial charge in [-0.15, -0.1) is 0 Å². The number of piperidine rings is 1. The molecule has 1 aromatic heterocycles. The molecule has 1 aromatic rings. The van der Waals surface area contributed by atoms with Gasteiger partial charge >= 0.3 is 0 Å². The third-order valence-corrected chi connectivity index (χ3v) is 7.90. The van der Waals surface area contributed by atoms with E-state index in [1.54, 1.807) is 13.8 Å². The van der Waals surface area contributed by atoms with E-state index in [1.807, 2.05) is 10.9 Å². The van der Waals surface area contributed by atoms with E-state index in [9.17, 15) is 8.42 Å². The maximum atomic E-state index is 11.9. The van der Waals surface area contributed by atoms with Crippen molar-refractivity contribution in [1.29, 1.82) is 0 Å². The van der Waals surface area contributed by atoms with Gasteiger partial charge in [0.15, 0.2) is 0 Å². The highest BCUT2D eigenvalue weighted by Crippen LogP contribution is 2.40. The van der Waals surface area contributed by atoms with E-state index < -0.39 is 15.3 Å². The molecule has 0 amide bonds. The van der Waals surface area contributed by atoms with Crippen molar-refractivity contribution in [3.63, 3.8) is 0 Å². The molecule has 0 bridgehead atoms. The summed E-state index contributed by atoms with van der Waals surface area (Å²) in [7, 11) is -3.21. The number of aryl methyl sites for hydroxylation is 1. The van der Waals surface area contributed by atoms with E-state index in [2.05, 4.69) is 27.8 Å². The maximum Gasteiger partial charge on any atom is 0.214 e. The van der Waals surface area contributed by atoms with Gasteiger partial charge in [0.05, 0.1) is 24.2 Å². The van der Waals surface area contributed by atoms with Crippen molar-refractivity contribution < 1.29 is 13.2 Å². The van der Waals surface area contributed by atoms with Gasteiger partial charge in [-0.05, 0) is 65.0 Å². The van der Waals surface area contributed by atoms with Gasteiger partial charge in [0.2, 0.25) is 10.0 Å². The first-order valence-corrected chi connectivity index (χ1v) is 11.7. The Bertz CT molecular complexity index is 698. The zero-order valence-corrected chi connectivity index (χ0v) is 17.7. The van der Waals surface area contributed by atoms with Crippen molar-refractivity contribution in [2.75, 3.05) is 26.2 Å². The Morgan fingerprint density at radius 3 is 2.63 bits per heavy atom. The third-order valence-electron chi connectivity index (χ3n) is 6.09. The highest BCUT2D eigenvalue weighted by molar-refractivity contribution is 7.90. The molecule has 1 unspecified atom stereocenters. The average molecular weight is 399 g/mol. The molecule has 2 fully saturated rings. The minimum absolute atomic E-state index is 0.00191. The SMILES string of the molecule is CCn1cc(CN2CCC3(CCC(CNS(=O)(=O)C(C)C)OC3)CC2)cn1. The summed E-state index contributed by atoms with van der Waals surface area (Å²) in [6.07, 6.45) is 8.48. The number of rotatable bonds is 7. The Morgan fingerprint density at radius 1 is 1.33 bits per heavy atom. The first-order valence-electron chi connectivity index (χ1n) is 10.2. The van der Waals surface area contributed by atoms with Crippen molar-refractivity contribution in [1.82, 2.24) is 19.4 Å². The molecule has 1 atom stereocenters. The van der Waals surface area contributed by atoms with E-state index in [0.29, 0.717) is 6.54 Å². The summed E-state index contributed by atoms with van der Waals surface area (Å²) in [5.74, 6) is 0. The summed E-state index contributed by atoms with van der Waals surface area (Å²) in [5, 5.41) is 3.96. The number of nitrogens with zero attached hydrogens (tertiary/aromatic N) is 3. The lowest BCUT2D eigenvalue weighted by atomic mass is 9.73. The summed E-state index contributed by atoms with van der Waals surface area (Å²) in [4.78, 5) is 2.51. The molecule has 0 aliphatic carbocycles. The molecule has 154 valence electrons. The second kappa shape index (κ2) is 8.59. The van der Waals surface area contributed by atoms with Gasteiger partial charge in [0, 0.05) is 31.4 Å². The van der Waals surface area contributed by atoms with E-state index in [-0.39, 0.29) is 11.5 Å². The monoisotopic (exact) mass is 398 g/mol. The van der Waals surface area contributed by atoms with Crippen LogP contribution in [0.3, 0.4) is 0 Å². The Balaban J connectivity index is 1.42. The summed E-state index contributed by atoms with van der Waals surface area (Å²) >= 11 is 0. The van der Waals surface area contributed by atoms with Gasteiger partial charge in [-0.25, -0.2) is 13.1 Å². The summed E-state index contributed by atoms with van der Waals surface area (Å²) in [5.41, 5.74) is 1.56. The second-order valence-electron chi connectivity index (χ2n) is 8.39. The van der Waals surface area contributed by atoms with E-state index >= 15 is 0 Å². The Labute approximate surface area is 163 Å². The fourth-order valence-electron chi connectivity index (χ4n) is 3.95. The van der Waals surface area contributed by atoms with E-state index in [1.165, 1.54) is 5.56 Å². The van der Waals surface area contributed by atoms with Gasteiger partial charge in [-0.1, -0.05) is 0 Å². The van der Waals surface area contributed by atoms with Gasteiger partial charge < -0.3 is 4.74 Å². The zero-order chi connectivity index (χ0) is 19.5. The fourth-order valence-corrected chi connectivity index (χ4v) is 4.70. The molecule has 8 heteroatoms. The van der Waals surface area contributed by atoms with Crippen molar-refractivity contribution in [3.05, 3.63) is 18.0 Å². The number of hydrogen-bond donors (Lipinski definition) is 1. The van der Waals surface area contributed by atoms with Crippen LogP contribution in [-0.2, 0) is 27.8 Å². The summed E-state index contributed by atoms with van der Waals surface area (Å²) < 4.78 is 34.5. The molecule has 2 aliphatic rings. The minimum atomic E-state index is -3.21. The first kappa shape index (κ1) is 20.8. The molecule has 1 N–H and O–H groups in total. The summed E-state index contributed by atoms with van der Waals surface area (Å²) in [6.45, 7) is 10.7. The number of likely N-dealkylation sites (tertiary alicyclic amines) is 1. The van der Waals surface area contributed by atoms with Crippen LogP contribution in [0.2, 0.25) is 0 Å². The predicted octanol–water partition coefficient (Wildman–Crippen LogP) is 1.99. The smallest absolute Gasteiger partial charge is 0.214 e. The second-order valence-corrected chi connectivity index (χ2v) is 10.7. The van der Waals surface area contributed by atoms with E-state index in [0.717, 1.165) is 58.5 Å². The van der Waals surface area contributed by atoms with Crippen LogP contribution in [0, 0.1) is 5.41 Å². The molecule has 3 heterocycles. The zero-order valence-electron chi connectivity index (χ0n) is 16.9. The molecule has 0 radical (unpaired) electrons. The highest BCUT2D eigenvalue weighted by atomic mass is 32.2. The maximum absolute atomic E-state index is 11.9. The Kier molecular flexibility index (Phi) is 6.61. The van der Waals surface area contributed by atoms with Crippen molar-refractivity contribution >= 4 is 10.0 Å². The predicted molar refractivity (Wildman–Crippen MR) is 106 cm³/mol. The summed E-state index contributed by atoms with van der Waals surface area (Å²) in [6, 6.07) is 0. The molecular weight excluding hydrogens is 364 g/mol. The molecule has 1 spiro atoms. The number of sulfonamides is 1.